The highest BCUT2D eigenvalue weighted by molar-refractivity contribution is 7.87. The molecule has 0 radical (unpaired) electrons. The van der Waals surface area contributed by atoms with Crippen molar-refractivity contribution in [1.82, 2.24) is 21.3 Å². The Labute approximate surface area is 268 Å². The average Bonchev–Trinajstić information content (AvgIpc) is 2.91. The summed E-state index contributed by atoms with van der Waals surface area (Å²) < 4.78 is 42.4. The van der Waals surface area contributed by atoms with Crippen molar-refractivity contribution in [3.8, 4) is 0 Å². The zero-order valence-corrected chi connectivity index (χ0v) is 28.7. The first-order valence-corrected chi connectivity index (χ1v) is 17.1. The predicted octanol–water partition coefficient (Wildman–Crippen LogP) is 4.22. The molecule has 1 aromatic carbocycles. The lowest BCUT2D eigenvalue weighted by molar-refractivity contribution is -0.133. The molecule has 11 nitrogen and oxygen atoms in total. The van der Waals surface area contributed by atoms with E-state index >= 15 is 0 Å². The van der Waals surface area contributed by atoms with Gasteiger partial charge >= 0.3 is 16.3 Å². The Kier molecular flexibility index (Phi) is 17.1. The summed E-state index contributed by atoms with van der Waals surface area (Å²) in [7, 11) is -4.90. The number of nitrogens with one attached hydrogen (secondary N) is 4. The van der Waals surface area contributed by atoms with Crippen molar-refractivity contribution < 1.29 is 36.2 Å². The lowest BCUT2D eigenvalue weighted by Crippen LogP contribution is -2.57. The number of amides is 4. The molecule has 0 saturated carbocycles. The van der Waals surface area contributed by atoms with Crippen molar-refractivity contribution in [2.45, 2.75) is 111 Å². The average molecular weight is 657 g/mol. The monoisotopic (exact) mass is 656 g/mol. The van der Waals surface area contributed by atoms with Crippen molar-refractivity contribution in [2.24, 2.45) is 23.7 Å². The number of ether oxygens (including phenoxy) is 1. The molecule has 0 aliphatic carbocycles. The second kappa shape index (κ2) is 19.3. The van der Waals surface area contributed by atoms with Gasteiger partial charge < -0.3 is 26.0 Å². The van der Waals surface area contributed by atoms with E-state index in [0.29, 0.717) is 0 Å². The lowest BCUT2D eigenvalue weighted by Gasteiger charge is -2.27. The molecule has 0 aliphatic heterocycles. The van der Waals surface area contributed by atoms with Gasteiger partial charge in [0.15, 0.2) is 0 Å². The fourth-order valence-electron chi connectivity index (χ4n) is 4.72. The molecule has 4 atom stereocenters. The van der Waals surface area contributed by atoms with Gasteiger partial charge in [0.05, 0.1) is 0 Å². The SMILES string of the molecule is CC(C)C[C@@H](CNC(=O)[C@H](CC(C)C)NC(=O)[C@H](CC(C)C)NC(=O)[C@H](CC(C)C)NC(=O)OCc1ccccc1)S(=O)(=O)F. The third kappa shape index (κ3) is 16.6. The van der Waals surface area contributed by atoms with Crippen LogP contribution in [0.25, 0.3) is 0 Å². The molecule has 1 rings (SSSR count). The maximum Gasteiger partial charge on any atom is 0.408 e. The Bertz CT molecular complexity index is 1190. The van der Waals surface area contributed by atoms with Gasteiger partial charge in [-0.15, -0.1) is 3.89 Å². The van der Waals surface area contributed by atoms with Crippen LogP contribution in [-0.2, 0) is 36.0 Å². The number of hydrogen-bond acceptors (Lipinski definition) is 7. The molecule has 0 saturated heterocycles. The van der Waals surface area contributed by atoms with Crippen LogP contribution in [0.2, 0.25) is 0 Å². The molecule has 0 bridgehead atoms. The molecule has 45 heavy (non-hydrogen) atoms. The molecule has 256 valence electrons. The summed E-state index contributed by atoms with van der Waals surface area (Å²) >= 11 is 0. The lowest BCUT2D eigenvalue weighted by atomic mass is 9.98. The molecule has 0 heterocycles. The predicted molar refractivity (Wildman–Crippen MR) is 172 cm³/mol. The second-order valence-electron chi connectivity index (χ2n) is 13.2. The maximum atomic E-state index is 13.9. The van der Waals surface area contributed by atoms with Gasteiger partial charge in [0.1, 0.15) is 30.0 Å². The summed E-state index contributed by atoms with van der Waals surface area (Å²) in [5, 5.41) is 9.13. The third-order valence-corrected chi connectivity index (χ3v) is 8.00. The first kappa shape index (κ1) is 39.8. The zero-order valence-electron chi connectivity index (χ0n) is 27.9. The molecular weight excluding hydrogens is 603 g/mol. The van der Waals surface area contributed by atoms with Gasteiger partial charge in [0.2, 0.25) is 17.7 Å². The molecule has 0 fully saturated rings. The van der Waals surface area contributed by atoms with Crippen molar-refractivity contribution in [3.05, 3.63) is 35.9 Å². The number of carbonyl (C=O) groups is 4. The number of hydrogen-bond donors (Lipinski definition) is 4. The van der Waals surface area contributed by atoms with E-state index in [9.17, 15) is 31.5 Å². The van der Waals surface area contributed by atoms with E-state index in [-0.39, 0.29) is 56.0 Å². The van der Waals surface area contributed by atoms with Gasteiger partial charge in [-0.25, -0.2) is 4.79 Å². The van der Waals surface area contributed by atoms with Crippen LogP contribution in [0.4, 0.5) is 8.68 Å². The van der Waals surface area contributed by atoms with Crippen LogP contribution in [0.15, 0.2) is 30.3 Å². The van der Waals surface area contributed by atoms with Gasteiger partial charge in [-0.2, -0.15) is 8.42 Å². The van der Waals surface area contributed by atoms with Gasteiger partial charge in [0, 0.05) is 6.54 Å². The number of carbonyl (C=O) groups excluding carboxylic acids is 4. The summed E-state index contributed by atoms with van der Waals surface area (Å²) in [6.45, 7) is 14.3. The quantitative estimate of drug-likeness (QED) is 0.162. The highest BCUT2D eigenvalue weighted by Gasteiger charge is 2.32. The minimum atomic E-state index is -4.90. The van der Waals surface area contributed by atoms with Crippen LogP contribution in [0, 0.1) is 23.7 Å². The Morgan fingerprint density at radius 3 is 1.51 bits per heavy atom. The summed E-state index contributed by atoms with van der Waals surface area (Å²) in [6.07, 6.45) is 0.00672. The van der Waals surface area contributed by atoms with Crippen LogP contribution in [-0.4, -0.2) is 62.2 Å². The second-order valence-corrected chi connectivity index (χ2v) is 14.9. The van der Waals surface area contributed by atoms with E-state index in [1.54, 1.807) is 26.0 Å². The highest BCUT2D eigenvalue weighted by atomic mass is 32.3. The van der Waals surface area contributed by atoms with E-state index < -0.39 is 64.0 Å². The molecule has 0 aliphatic rings. The van der Waals surface area contributed by atoms with Crippen molar-refractivity contribution >= 4 is 34.0 Å². The fraction of sp³-hybridized carbons (Fsp3) is 0.688. The molecule has 1 aromatic rings. The molecule has 0 spiro atoms. The van der Waals surface area contributed by atoms with Crippen molar-refractivity contribution in [2.75, 3.05) is 6.54 Å². The first-order chi connectivity index (χ1) is 20.9. The van der Waals surface area contributed by atoms with Crippen molar-refractivity contribution in [3.63, 3.8) is 0 Å². The van der Waals surface area contributed by atoms with Crippen LogP contribution >= 0.6 is 0 Å². The molecule has 4 N–H and O–H groups in total. The third-order valence-electron chi connectivity index (χ3n) is 6.85. The molecular formula is C32H53FN4O7S. The molecule has 4 amide bonds. The normalized spacial score (nSPS) is 14.5. The summed E-state index contributed by atoms with van der Waals surface area (Å²) in [5.41, 5.74) is 0.785. The summed E-state index contributed by atoms with van der Waals surface area (Å²) in [5.74, 6) is -1.97. The molecule has 0 unspecified atom stereocenters. The zero-order chi connectivity index (χ0) is 34.3. The van der Waals surface area contributed by atoms with E-state index in [1.165, 1.54) is 0 Å². The standard InChI is InChI=1S/C32H53FN4O7S/c1-20(2)14-25(45(33,42)43)18-34-29(38)26(15-21(3)4)35-30(39)27(16-22(5)6)36-31(40)28(17-23(7)8)37-32(41)44-19-24-12-10-9-11-13-24/h9-13,20-23,25-28H,14-19H2,1-8H3,(H,34,38)(H,35,39)(H,36,40)(H,37,41)/t25-,26-,27-,28-/m0/s1. The Morgan fingerprint density at radius 1 is 0.667 bits per heavy atom. The minimum Gasteiger partial charge on any atom is -0.445 e. The van der Waals surface area contributed by atoms with Crippen LogP contribution in [0.1, 0.15) is 86.6 Å². The highest BCUT2D eigenvalue weighted by Crippen LogP contribution is 2.15. The van der Waals surface area contributed by atoms with E-state index in [4.69, 9.17) is 4.74 Å². The summed E-state index contributed by atoms with van der Waals surface area (Å²) in [6, 6.07) is 6.03. The van der Waals surface area contributed by atoms with E-state index in [1.807, 2.05) is 59.7 Å². The number of benzene rings is 1. The smallest absolute Gasteiger partial charge is 0.408 e. The molecule has 0 aromatic heterocycles. The molecule has 13 heteroatoms. The topological polar surface area (TPSA) is 160 Å². The largest absolute Gasteiger partial charge is 0.445 e. The van der Waals surface area contributed by atoms with Gasteiger partial charge in [-0.1, -0.05) is 85.7 Å². The summed E-state index contributed by atoms with van der Waals surface area (Å²) in [4.78, 5) is 52.6. The number of halogens is 1. The van der Waals surface area contributed by atoms with E-state index in [0.717, 1.165) is 5.56 Å². The van der Waals surface area contributed by atoms with Crippen LogP contribution < -0.4 is 21.3 Å². The van der Waals surface area contributed by atoms with Gasteiger partial charge in [-0.3, -0.25) is 14.4 Å². The number of alkyl carbamates (subject to hydrolysis) is 1. The Balaban J connectivity index is 3.04. The van der Waals surface area contributed by atoms with Crippen LogP contribution in [0.3, 0.4) is 0 Å². The Hall–Kier alpha value is -3.22. The van der Waals surface area contributed by atoms with Crippen LogP contribution in [0.5, 0.6) is 0 Å². The Morgan fingerprint density at radius 2 is 1.09 bits per heavy atom. The van der Waals surface area contributed by atoms with Crippen molar-refractivity contribution in [1.29, 1.82) is 0 Å². The minimum absolute atomic E-state index is 0.0164. The van der Waals surface area contributed by atoms with Gasteiger partial charge in [-0.05, 0) is 54.9 Å². The van der Waals surface area contributed by atoms with Gasteiger partial charge in [0.25, 0.3) is 0 Å². The van der Waals surface area contributed by atoms with E-state index in [2.05, 4.69) is 21.3 Å². The first-order valence-electron chi connectivity index (χ1n) is 15.7. The maximum absolute atomic E-state index is 13.9. The number of rotatable bonds is 19. The fourth-order valence-corrected chi connectivity index (χ4v) is 5.62.